The van der Waals surface area contributed by atoms with Crippen molar-refractivity contribution < 1.29 is 14.6 Å². The minimum atomic E-state index is -1.59. The number of carbonyl (C=O) groups excluding carboxylic acids is 1. The Morgan fingerprint density at radius 2 is 1.62 bits per heavy atom. The van der Waals surface area contributed by atoms with Crippen molar-refractivity contribution in [1.82, 2.24) is 0 Å². The minimum absolute atomic E-state index is 0.184. The summed E-state index contributed by atoms with van der Waals surface area (Å²) in [6.45, 7) is 0. The Labute approximate surface area is 99.5 Å². The van der Waals surface area contributed by atoms with Crippen LogP contribution >= 0.6 is 47.8 Å². The number of benzene rings is 1. The molecule has 0 aromatic heterocycles. The van der Waals surface area contributed by atoms with Gasteiger partial charge in [0.2, 0.25) is 0 Å². The first kappa shape index (κ1) is 11.0. The molecule has 0 N–H and O–H groups in total. The van der Waals surface area contributed by atoms with E-state index in [4.69, 9.17) is 0 Å². The summed E-state index contributed by atoms with van der Waals surface area (Å²) in [6.07, 6.45) is -1.59. The van der Waals surface area contributed by atoms with Crippen LogP contribution in [0.15, 0.2) is 25.6 Å². The molecule has 0 aliphatic carbocycles. The fourth-order valence-corrected chi connectivity index (χ4v) is 3.13. The van der Waals surface area contributed by atoms with Gasteiger partial charge in [0.1, 0.15) is 0 Å². The Morgan fingerprint density at radius 3 is 2.00 bits per heavy atom. The Hall–Kier alpha value is -0.0700. The van der Waals surface area contributed by atoms with Crippen LogP contribution in [0.5, 0.6) is 5.75 Å². The molecule has 6 heteroatoms. The lowest BCUT2D eigenvalue weighted by Crippen LogP contribution is -2.02. The average Bonchev–Trinajstić information content (AvgIpc) is 1.96. The van der Waals surface area contributed by atoms with E-state index in [0.29, 0.717) is 8.95 Å². The third-order valence-electron chi connectivity index (χ3n) is 1.15. The summed E-state index contributed by atoms with van der Waals surface area (Å²) in [5.74, 6) is 0.184. The van der Waals surface area contributed by atoms with Crippen LogP contribution in [0.4, 0.5) is 4.79 Å². The molecule has 0 saturated heterocycles. The molecule has 0 bridgehead atoms. The van der Waals surface area contributed by atoms with Crippen LogP contribution in [0.1, 0.15) is 0 Å². The monoisotopic (exact) mass is 371 g/mol. The number of hydrogen-bond donors (Lipinski definition) is 0. The van der Waals surface area contributed by atoms with Gasteiger partial charge in [-0.1, -0.05) is 15.9 Å². The van der Waals surface area contributed by atoms with Gasteiger partial charge in [-0.3, -0.25) is 0 Å². The van der Waals surface area contributed by atoms with E-state index in [-0.39, 0.29) is 5.75 Å². The number of rotatable bonds is 1. The molecule has 0 fully saturated rings. The zero-order chi connectivity index (χ0) is 10.0. The lowest BCUT2D eigenvalue weighted by Gasteiger charge is -2.04. The third-order valence-corrected chi connectivity index (χ3v) is 2.78. The molecule has 0 atom stereocenters. The van der Waals surface area contributed by atoms with Crippen LogP contribution in [-0.4, -0.2) is 6.16 Å². The highest BCUT2D eigenvalue weighted by Crippen LogP contribution is 2.36. The fraction of sp³-hybridized carbons (Fsp3) is 0. The van der Waals surface area contributed by atoms with E-state index in [9.17, 15) is 9.90 Å². The van der Waals surface area contributed by atoms with Crippen LogP contribution in [-0.2, 0) is 5.11 Å². The van der Waals surface area contributed by atoms with E-state index < -0.39 is 6.16 Å². The van der Waals surface area contributed by atoms with Crippen LogP contribution < -0.4 is 4.74 Å². The summed E-state index contributed by atoms with van der Waals surface area (Å²) in [6, 6.07) is 3.34. The van der Waals surface area contributed by atoms with Gasteiger partial charge in [-0.05, 0) is 44.0 Å². The van der Waals surface area contributed by atoms with E-state index in [1.807, 2.05) is 0 Å². The molecule has 0 unspecified atom stereocenters. The molecule has 0 aliphatic rings. The smallest absolute Gasteiger partial charge is 0.390 e. The highest BCUT2D eigenvalue weighted by molar-refractivity contribution is 9.11. The molecule has 0 heterocycles. The molecule has 0 aliphatic heterocycles. The summed E-state index contributed by atoms with van der Waals surface area (Å²) >= 11 is 9.54. The maximum Gasteiger partial charge on any atom is 0.555 e. The number of ether oxygens (including phenoxy) is 1. The van der Waals surface area contributed by atoms with E-state index in [1.165, 1.54) is 0 Å². The number of hydrogen-bond acceptors (Lipinski definition) is 2. The second kappa shape index (κ2) is 4.43. The van der Waals surface area contributed by atoms with Gasteiger partial charge in [0.15, 0.2) is 5.75 Å². The molecule has 1 aromatic carbocycles. The summed E-state index contributed by atoms with van der Waals surface area (Å²) in [7, 11) is 0. The average molecular weight is 374 g/mol. The number of halogens is 3. The molecule has 0 saturated carbocycles. The maximum atomic E-state index is 10.2. The molecule has 13 heavy (non-hydrogen) atoms. The first-order valence-corrected chi connectivity index (χ1v) is 5.42. The van der Waals surface area contributed by atoms with Crippen molar-refractivity contribution >= 4 is 53.9 Å². The van der Waals surface area contributed by atoms with Crippen LogP contribution in [0, 0.1) is 0 Å². The van der Waals surface area contributed by atoms with Gasteiger partial charge in [0, 0.05) is 4.47 Å². The quantitative estimate of drug-likeness (QED) is 0.553. The van der Waals surface area contributed by atoms with E-state index in [2.05, 4.69) is 52.5 Å². The summed E-state index contributed by atoms with van der Waals surface area (Å²) in [5, 5.41) is 10.2. The van der Waals surface area contributed by atoms with Gasteiger partial charge in [-0.25, -0.2) is 0 Å². The fourth-order valence-electron chi connectivity index (χ4n) is 0.710. The molecule has 1 rings (SSSR count). The van der Waals surface area contributed by atoms with E-state index >= 15 is 0 Å². The van der Waals surface area contributed by atoms with Gasteiger partial charge in [-0.15, -0.1) is 0 Å². The number of carbonyl (C=O) groups is 1. The van der Waals surface area contributed by atoms with Crippen molar-refractivity contribution in [1.29, 1.82) is 0 Å². The largest absolute Gasteiger partial charge is 0.555 e. The molecule has 1 radical (unpaired) electrons. The van der Waals surface area contributed by atoms with E-state index in [1.54, 1.807) is 12.1 Å². The second-order valence-corrected chi connectivity index (χ2v) is 4.67. The second-order valence-electron chi connectivity index (χ2n) is 2.05. The Kier molecular flexibility index (Phi) is 3.75. The van der Waals surface area contributed by atoms with Crippen molar-refractivity contribution in [2.45, 2.75) is 0 Å². The first-order chi connectivity index (χ1) is 6.00. The highest BCUT2D eigenvalue weighted by atomic mass is 79.9. The lowest BCUT2D eigenvalue weighted by molar-refractivity contribution is 0.117. The summed E-state index contributed by atoms with van der Waals surface area (Å²) in [4.78, 5) is 10.2. The normalized spacial score (nSPS) is 9.77. The Morgan fingerprint density at radius 1 is 1.15 bits per heavy atom. The molecule has 0 spiro atoms. The zero-order valence-electron chi connectivity index (χ0n) is 6.01. The van der Waals surface area contributed by atoms with Crippen molar-refractivity contribution in [2.75, 3.05) is 0 Å². The van der Waals surface area contributed by atoms with Crippen molar-refractivity contribution in [3.8, 4) is 5.75 Å². The van der Waals surface area contributed by atoms with Gasteiger partial charge >= 0.3 is 6.16 Å². The maximum absolute atomic E-state index is 10.2. The Bertz CT molecular complexity index is 328. The standard InChI is InChI=1S/C7H2Br3O3/c8-3-1-4(9)6(5(10)2-3)13-7(11)12/h1-2H. The van der Waals surface area contributed by atoms with Crippen LogP contribution in [0.2, 0.25) is 0 Å². The SMILES string of the molecule is [O]C(=O)Oc1c(Br)cc(Br)cc1Br. The molecular weight excluding hydrogens is 372 g/mol. The molecule has 69 valence electrons. The van der Waals surface area contributed by atoms with Crippen molar-refractivity contribution in [2.24, 2.45) is 0 Å². The van der Waals surface area contributed by atoms with Crippen molar-refractivity contribution in [3.63, 3.8) is 0 Å². The lowest BCUT2D eigenvalue weighted by atomic mass is 10.3. The third kappa shape index (κ3) is 2.96. The van der Waals surface area contributed by atoms with Crippen molar-refractivity contribution in [3.05, 3.63) is 25.6 Å². The minimum Gasteiger partial charge on any atom is -0.390 e. The topological polar surface area (TPSA) is 46.2 Å². The highest BCUT2D eigenvalue weighted by Gasteiger charge is 2.12. The molecule has 1 aromatic rings. The molecule has 0 amide bonds. The van der Waals surface area contributed by atoms with Gasteiger partial charge < -0.3 is 4.74 Å². The Balaban J connectivity index is 3.13. The van der Waals surface area contributed by atoms with Gasteiger partial charge in [-0.2, -0.15) is 9.90 Å². The van der Waals surface area contributed by atoms with Crippen LogP contribution in [0.3, 0.4) is 0 Å². The predicted molar refractivity (Wildman–Crippen MR) is 56.3 cm³/mol. The van der Waals surface area contributed by atoms with E-state index in [0.717, 1.165) is 4.47 Å². The molecule has 3 nitrogen and oxygen atoms in total. The summed E-state index contributed by atoms with van der Waals surface area (Å²) < 4.78 is 6.28. The van der Waals surface area contributed by atoms with Gasteiger partial charge in [0.25, 0.3) is 0 Å². The first-order valence-electron chi connectivity index (χ1n) is 3.04. The molecular formula is C7H2Br3O3. The zero-order valence-corrected chi connectivity index (χ0v) is 10.8. The predicted octanol–water partition coefficient (Wildman–Crippen LogP) is 3.90. The van der Waals surface area contributed by atoms with Crippen LogP contribution in [0.25, 0.3) is 0 Å². The summed E-state index contributed by atoms with van der Waals surface area (Å²) in [5.41, 5.74) is 0. The van der Waals surface area contributed by atoms with Gasteiger partial charge in [0.05, 0.1) is 8.95 Å².